The fourth-order valence-corrected chi connectivity index (χ4v) is 3.00. The topological polar surface area (TPSA) is 101 Å². The highest BCUT2D eigenvalue weighted by atomic mass is 19.1. The Morgan fingerprint density at radius 1 is 1.44 bits per heavy atom. The summed E-state index contributed by atoms with van der Waals surface area (Å²) in [4.78, 5) is 30.0. The molecule has 1 fully saturated rings. The smallest absolute Gasteiger partial charge is 0.341 e. The van der Waals surface area contributed by atoms with Gasteiger partial charge in [-0.25, -0.2) is 14.2 Å². The second-order valence-corrected chi connectivity index (χ2v) is 7.44. The van der Waals surface area contributed by atoms with Crippen LogP contribution in [0.25, 0.3) is 11.0 Å². The van der Waals surface area contributed by atoms with Gasteiger partial charge < -0.3 is 20.3 Å². The maximum atomic E-state index is 14.6. The number of nitrogens with zero attached hydrogens (tertiary/aromatic N) is 3. The van der Waals surface area contributed by atoms with Crippen molar-refractivity contribution in [3.63, 3.8) is 0 Å². The van der Waals surface area contributed by atoms with Crippen molar-refractivity contribution in [3.8, 4) is 0 Å². The first-order chi connectivity index (χ1) is 11.5. The molecule has 134 valence electrons. The summed E-state index contributed by atoms with van der Waals surface area (Å²) >= 11 is 0. The number of fused-ring (bicyclic) bond motifs is 1. The summed E-state index contributed by atoms with van der Waals surface area (Å²) in [6, 6.07) is 0.953. The zero-order valence-corrected chi connectivity index (χ0v) is 14.6. The van der Waals surface area contributed by atoms with Crippen LogP contribution in [0.1, 0.15) is 38.1 Å². The molecule has 8 heteroatoms. The van der Waals surface area contributed by atoms with Crippen LogP contribution >= 0.6 is 0 Å². The van der Waals surface area contributed by atoms with Crippen LogP contribution in [0.4, 0.5) is 10.2 Å². The molecule has 7 nitrogen and oxygen atoms in total. The van der Waals surface area contributed by atoms with Gasteiger partial charge in [0.2, 0.25) is 5.43 Å². The summed E-state index contributed by atoms with van der Waals surface area (Å²) < 4.78 is 16.2. The first-order valence-corrected chi connectivity index (χ1v) is 8.04. The van der Waals surface area contributed by atoms with Gasteiger partial charge in [-0.1, -0.05) is 0 Å². The van der Waals surface area contributed by atoms with E-state index in [4.69, 9.17) is 5.73 Å². The fraction of sp³-hybridized carbons (Fsp3) is 0.471. The number of pyridine rings is 2. The van der Waals surface area contributed by atoms with E-state index in [9.17, 15) is 19.1 Å². The highest BCUT2D eigenvalue weighted by Crippen LogP contribution is 2.30. The van der Waals surface area contributed by atoms with Gasteiger partial charge in [-0.05, 0) is 33.8 Å². The highest BCUT2D eigenvalue weighted by molar-refractivity contribution is 5.92. The molecule has 0 saturated carbocycles. The Morgan fingerprint density at radius 3 is 2.56 bits per heavy atom. The molecule has 1 aliphatic rings. The molecule has 0 aromatic carbocycles. The molecule has 0 bridgehead atoms. The number of aromatic nitrogens is 2. The fourth-order valence-electron chi connectivity index (χ4n) is 3.00. The van der Waals surface area contributed by atoms with E-state index >= 15 is 0 Å². The van der Waals surface area contributed by atoms with Crippen LogP contribution in [-0.4, -0.2) is 39.3 Å². The minimum atomic E-state index is -1.35. The number of aromatic carboxylic acids is 1. The molecule has 0 radical (unpaired) electrons. The molecule has 0 unspecified atom stereocenters. The number of carboxylic acids is 1. The van der Waals surface area contributed by atoms with E-state index in [2.05, 4.69) is 4.98 Å². The minimum Gasteiger partial charge on any atom is -0.477 e. The zero-order chi connectivity index (χ0) is 18.7. The van der Waals surface area contributed by atoms with E-state index in [1.54, 1.807) is 9.47 Å². The van der Waals surface area contributed by atoms with Crippen molar-refractivity contribution < 1.29 is 14.3 Å². The number of carboxylic acid groups (broad SMARTS) is 1. The lowest BCUT2D eigenvalue weighted by Crippen LogP contribution is -2.63. The van der Waals surface area contributed by atoms with Crippen molar-refractivity contribution in [2.45, 2.75) is 45.3 Å². The Balaban J connectivity index is 2.34. The van der Waals surface area contributed by atoms with Crippen LogP contribution in [-0.2, 0) is 5.54 Å². The van der Waals surface area contributed by atoms with Gasteiger partial charge in [0.1, 0.15) is 11.2 Å². The molecule has 1 saturated heterocycles. The Hall–Kier alpha value is -2.48. The quantitative estimate of drug-likeness (QED) is 0.853. The largest absolute Gasteiger partial charge is 0.477 e. The minimum absolute atomic E-state index is 0.0476. The van der Waals surface area contributed by atoms with E-state index in [1.165, 1.54) is 6.20 Å². The van der Waals surface area contributed by atoms with E-state index < -0.39 is 28.3 Å². The monoisotopic (exact) mass is 348 g/mol. The van der Waals surface area contributed by atoms with Crippen molar-refractivity contribution in [2.24, 2.45) is 5.73 Å². The van der Waals surface area contributed by atoms with Gasteiger partial charge in [0, 0.05) is 30.4 Å². The molecule has 3 heterocycles. The molecule has 3 rings (SSSR count). The van der Waals surface area contributed by atoms with Gasteiger partial charge in [0.25, 0.3) is 0 Å². The number of carbonyl (C=O) groups is 1. The molecule has 0 aliphatic carbocycles. The second kappa shape index (κ2) is 5.52. The Bertz CT molecular complexity index is 932. The second-order valence-electron chi connectivity index (χ2n) is 7.44. The average molecular weight is 348 g/mol. The maximum absolute atomic E-state index is 14.6. The molecule has 2 aromatic rings. The Morgan fingerprint density at radius 2 is 2.08 bits per heavy atom. The standard InChI is InChI=1S/C17H21FN4O3/c1-8-12(19)7-21(8)15-11(18)5-9-13(23)10(16(24)25)6-22(14(9)20-15)17(2,3)4/h5-6,8,12H,7,19H2,1-4H3,(H,24,25)/t8-,12+/m0/s1. The van der Waals surface area contributed by atoms with Gasteiger partial charge in [0.15, 0.2) is 11.6 Å². The molecule has 2 atom stereocenters. The molecule has 0 spiro atoms. The molecule has 0 amide bonds. The van der Waals surface area contributed by atoms with Crippen molar-refractivity contribution in [1.29, 1.82) is 0 Å². The predicted molar refractivity (Wildman–Crippen MR) is 92.7 cm³/mol. The van der Waals surface area contributed by atoms with E-state index in [-0.39, 0.29) is 28.9 Å². The Labute approximate surface area is 143 Å². The SMILES string of the molecule is C[C@H]1[C@H](N)CN1c1nc2c(cc1F)c(=O)c(C(=O)O)cn2C(C)(C)C. The molecular formula is C17H21FN4O3. The lowest BCUT2D eigenvalue weighted by molar-refractivity contribution is 0.0694. The Kier molecular flexibility index (Phi) is 3.83. The number of halogens is 1. The summed E-state index contributed by atoms with van der Waals surface area (Å²) in [5, 5.41) is 9.24. The van der Waals surface area contributed by atoms with Gasteiger partial charge in [-0.15, -0.1) is 0 Å². The molecule has 25 heavy (non-hydrogen) atoms. The summed E-state index contributed by atoms with van der Waals surface area (Å²) in [7, 11) is 0. The number of hydrogen-bond acceptors (Lipinski definition) is 5. The summed E-state index contributed by atoms with van der Waals surface area (Å²) in [6.45, 7) is 7.92. The average Bonchev–Trinajstić information content (AvgIpc) is 2.51. The van der Waals surface area contributed by atoms with Crippen LogP contribution in [0.2, 0.25) is 0 Å². The third kappa shape index (κ3) is 2.66. The van der Waals surface area contributed by atoms with Crippen molar-refractivity contribution in [1.82, 2.24) is 9.55 Å². The van der Waals surface area contributed by atoms with Gasteiger partial charge in [-0.2, -0.15) is 0 Å². The van der Waals surface area contributed by atoms with E-state index in [0.717, 1.165) is 6.07 Å². The van der Waals surface area contributed by atoms with Crippen molar-refractivity contribution >= 4 is 22.8 Å². The third-order valence-electron chi connectivity index (χ3n) is 4.66. The van der Waals surface area contributed by atoms with Crippen LogP contribution in [0.3, 0.4) is 0 Å². The molecule has 1 aliphatic heterocycles. The van der Waals surface area contributed by atoms with Crippen LogP contribution in [0.5, 0.6) is 0 Å². The highest BCUT2D eigenvalue weighted by Gasteiger charge is 2.35. The summed E-state index contributed by atoms with van der Waals surface area (Å²) in [6.07, 6.45) is 1.27. The lowest BCUT2D eigenvalue weighted by Gasteiger charge is -2.45. The molecule has 2 aromatic heterocycles. The maximum Gasteiger partial charge on any atom is 0.341 e. The first-order valence-electron chi connectivity index (χ1n) is 8.04. The molecular weight excluding hydrogens is 327 g/mol. The normalized spacial score (nSPS) is 20.6. The van der Waals surface area contributed by atoms with Crippen LogP contribution in [0, 0.1) is 5.82 Å². The first kappa shape index (κ1) is 17.3. The molecule has 3 N–H and O–H groups in total. The lowest BCUT2D eigenvalue weighted by atomic mass is 9.99. The van der Waals surface area contributed by atoms with Crippen LogP contribution in [0.15, 0.2) is 17.1 Å². The summed E-state index contributed by atoms with van der Waals surface area (Å²) in [5.74, 6) is -1.88. The predicted octanol–water partition coefficient (Wildman–Crippen LogP) is 1.52. The number of anilines is 1. The number of rotatable bonds is 2. The summed E-state index contributed by atoms with van der Waals surface area (Å²) in [5.41, 5.74) is 4.44. The number of nitrogens with two attached hydrogens (primary N) is 1. The van der Waals surface area contributed by atoms with E-state index in [1.807, 2.05) is 27.7 Å². The van der Waals surface area contributed by atoms with Crippen molar-refractivity contribution in [2.75, 3.05) is 11.4 Å². The van der Waals surface area contributed by atoms with Crippen molar-refractivity contribution in [3.05, 3.63) is 33.9 Å². The number of hydrogen-bond donors (Lipinski definition) is 2. The van der Waals surface area contributed by atoms with Gasteiger partial charge in [-0.3, -0.25) is 4.79 Å². The third-order valence-corrected chi connectivity index (χ3v) is 4.66. The van der Waals surface area contributed by atoms with Gasteiger partial charge >= 0.3 is 5.97 Å². The van der Waals surface area contributed by atoms with Crippen LogP contribution < -0.4 is 16.1 Å². The van der Waals surface area contributed by atoms with Gasteiger partial charge in [0.05, 0.1) is 5.39 Å². The van der Waals surface area contributed by atoms with E-state index in [0.29, 0.717) is 6.54 Å². The zero-order valence-electron chi connectivity index (χ0n) is 14.6.